The van der Waals surface area contributed by atoms with Crippen LogP contribution < -0.4 is 20.7 Å². The first kappa shape index (κ1) is 22.0. The lowest BCUT2D eigenvalue weighted by molar-refractivity contribution is 0.0934. The Labute approximate surface area is 185 Å². The van der Waals surface area contributed by atoms with E-state index in [9.17, 15) is 4.79 Å². The molecule has 2 rings (SSSR count). The Kier molecular flexibility index (Phi) is 8.00. The molecule has 0 aromatic heterocycles. The Morgan fingerprint density at radius 2 is 1.85 bits per heavy atom. The molecule has 1 atom stereocenters. The number of anilines is 1. The number of methoxy groups -OCH3 is 1. The quantitative estimate of drug-likeness (QED) is 0.304. The Morgan fingerprint density at radius 3 is 2.48 bits per heavy atom. The summed E-state index contributed by atoms with van der Waals surface area (Å²) in [5, 5.41) is 8.51. The predicted octanol–water partition coefficient (Wildman–Crippen LogP) is 4.87. The molecule has 5 nitrogen and oxygen atoms in total. The van der Waals surface area contributed by atoms with Gasteiger partial charge in [0.05, 0.1) is 12.8 Å². The van der Waals surface area contributed by atoms with Gasteiger partial charge in [-0.3, -0.25) is 4.79 Å². The van der Waals surface area contributed by atoms with Gasteiger partial charge in [-0.2, -0.15) is 0 Å². The van der Waals surface area contributed by atoms with Crippen molar-refractivity contribution in [1.82, 2.24) is 10.6 Å². The number of nitrogens with one attached hydrogen (secondary N) is 3. The van der Waals surface area contributed by atoms with Crippen molar-refractivity contribution in [2.24, 2.45) is 0 Å². The highest BCUT2D eigenvalue weighted by Gasteiger charge is 2.35. The molecule has 0 aliphatic rings. The molecule has 2 aromatic carbocycles. The number of amides is 1. The van der Waals surface area contributed by atoms with E-state index in [4.69, 9.17) is 51.8 Å². The van der Waals surface area contributed by atoms with Crippen LogP contribution in [0.5, 0.6) is 5.75 Å². The van der Waals surface area contributed by atoms with E-state index in [1.165, 1.54) is 0 Å². The fourth-order valence-corrected chi connectivity index (χ4v) is 3.04. The van der Waals surface area contributed by atoms with Gasteiger partial charge in [0.15, 0.2) is 5.11 Å². The summed E-state index contributed by atoms with van der Waals surface area (Å²) in [5.41, 5.74) is 1.02. The zero-order chi connectivity index (χ0) is 20.0. The molecule has 3 N–H and O–H groups in total. The molecular formula is C17H15BrCl3N3O2S. The first-order chi connectivity index (χ1) is 12.7. The van der Waals surface area contributed by atoms with Gasteiger partial charge in [-0.25, -0.2) is 0 Å². The first-order valence-corrected chi connectivity index (χ1v) is 9.88. The second kappa shape index (κ2) is 9.80. The highest BCUT2D eigenvalue weighted by Crippen LogP contribution is 2.30. The van der Waals surface area contributed by atoms with Crippen molar-refractivity contribution in [3.63, 3.8) is 0 Å². The standard InChI is InChI=1S/C17H15BrCl3N3O2S/c1-26-13-8-3-2-7-12(13)22-16(27)24-15(17(19,20)21)23-14(25)10-5-4-6-11(18)9-10/h2-9,15H,1H3,(H,23,25)(H2,22,24,27)/t15-/m0/s1. The molecule has 0 radical (unpaired) electrons. The molecule has 0 aliphatic heterocycles. The van der Waals surface area contributed by atoms with Crippen LogP contribution in [0.3, 0.4) is 0 Å². The lowest BCUT2D eigenvalue weighted by Crippen LogP contribution is -2.56. The maximum Gasteiger partial charge on any atom is 0.253 e. The Balaban J connectivity index is 2.10. The van der Waals surface area contributed by atoms with E-state index in [-0.39, 0.29) is 5.11 Å². The molecule has 0 bridgehead atoms. The van der Waals surface area contributed by atoms with E-state index in [0.29, 0.717) is 17.0 Å². The average molecular weight is 512 g/mol. The molecule has 1 amide bonds. The predicted molar refractivity (Wildman–Crippen MR) is 118 cm³/mol. The van der Waals surface area contributed by atoms with Gasteiger partial charge >= 0.3 is 0 Å². The smallest absolute Gasteiger partial charge is 0.253 e. The van der Waals surface area contributed by atoms with Crippen LogP contribution >= 0.6 is 63.0 Å². The number of alkyl halides is 3. The van der Waals surface area contributed by atoms with Crippen molar-refractivity contribution in [2.45, 2.75) is 9.96 Å². The van der Waals surface area contributed by atoms with E-state index in [1.54, 1.807) is 43.5 Å². The minimum atomic E-state index is -1.85. The van der Waals surface area contributed by atoms with Crippen LogP contribution in [0, 0.1) is 0 Å². The van der Waals surface area contributed by atoms with Crippen LogP contribution in [-0.2, 0) is 0 Å². The third-order valence-corrected chi connectivity index (χ3v) is 4.69. The molecule has 144 valence electrons. The maximum absolute atomic E-state index is 12.5. The maximum atomic E-state index is 12.5. The zero-order valence-electron chi connectivity index (χ0n) is 13.9. The average Bonchev–Trinajstić information content (AvgIpc) is 2.60. The number of thiocarbonyl (C=S) groups is 1. The molecule has 27 heavy (non-hydrogen) atoms. The van der Waals surface area contributed by atoms with Crippen LogP contribution in [0.1, 0.15) is 10.4 Å². The van der Waals surface area contributed by atoms with Crippen molar-refractivity contribution in [2.75, 3.05) is 12.4 Å². The monoisotopic (exact) mass is 509 g/mol. The third-order valence-electron chi connectivity index (χ3n) is 3.32. The minimum Gasteiger partial charge on any atom is -0.495 e. The molecule has 0 saturated heterocycles. The van der Waals surface area contributed by atoms with Crippen LogP contribution in [0.4, 0.5) is 5.69 Å². The first-order valence-electron chi connectivity index (χ1n) is 7.54. The lowest BCUT2D eigenvalue weighted by Gasteiger charge is -2.28. The summed E-state index contributed by atoms with van der Waals surface area (Å²) in [7, 11) is 1.54. The lowest BCUT2D eigenvalue weighted by atomic mass is 10.2. The number of halogens is 4. The summed E-state index contributed by atoms with van der Waals surface area (Å²) < 4.78 is 4.15. The Morgan fingerprint density at radius 1 is 1.15 bits per heavy atom. The normalized spacial score (nSPS) is 12.0. The number of carbonyl (C=O) groups excluding carboxylic acids is 1. The van der Waals surface area contributed by atoms with Crippen LogP contribution in [0.25, 0.3) is 0 Å². The van der Waals surface area contributed by atoms with E-state index in [1.807, 2.05) is 12.1 Å². The fourth-order valence-electron chi connectivity index (χ4n) is 2.08. The minimum absolute atomic E-state index is 0.144. The number of benzene rings is 2. The number of carbonyl (C=O) groups is 1. The fraction of sp³-hybridized carbons (Fsp3) is 0.176. The van der Waals surface area contributed by atoms with Crippen molar-refractivity contribution in [1.29, 1.82) is 0 Å². The highest BCUT2D eigenvalue weighted by atomic mass is 79.9. The molecule has 2 aromatic rings. The summed E-state index contributed by atoms with van der Waals surface area (Å²) in [6.07, 6.45) is -1.08. The highest BCUT2D eigenvalue weighted by molar-refractivity contribution is 9.10. The number of para-hydroxylation sites is 2. The molecule has 0 aliphatic carbocycles. The van der Waals surface area contributed by atoms with Crippen LogP contribution in [0.2, 0.25) is 0 Å². The van der Waals surface area contributed by atoms with Gasteiger partial charge in [-0.05, 0) is 42.5 Å². The van der Waals surface area contributed by atoms with E-state index in [0.717, 1.165) is 4.47 Å². The summed E-state index contributed by atoms with van der Waals surface area (Å²) in [6, 6.07) is 14.0. The molecule has 0 saturated carbocycles. The van der Waals surface area contributed by atoms with Gasteiger partial charge in [-0.15, -0.1) is 0 Å². The molecule has 0 unspecified atom stereocenters. The third kappa shape index (κ3) is 6.69. The van der Waals surface area contributed by atoms with Crippen LogP contribution in [0.15, 0.2) is 53.0 Å². The molecule has 0 fully saturated rings. The SMILES string of the molecule is COc1ccccc1NC(=S)N[C@H](NC(=O)c1cccc(Br)c1)C(Cl)(Cl)Cl. The molecular weight excluding hydrogens is 497 g/mol. The van der Waals surface area contributed by atoms with Gasteiger partial charge in [0.1, 0.15) is 11.9 Å². The number of rotatable bonds is 5. The van der Waals surface area contributed by atoms with E-state index < -0.39 is 15.9 Å². The van der Waals surface area contributed by atoms with Gasteiger partial charge in [0, 0.05) is 10.0 Å². The van der Waals surface area contributed by atoms with Gasteiger partial charge in [0.2, 0.25) is 3.79 Å². The molecule has 10 heteroatoms. The van der Waals surface area contributed by atoms with E-state index in [2.05, 4.69) is 31.9 Å². The molecule has 0 spiro atoms. The number of ether oxygens (including phenoxy) is 1. The van der Waals surface area contributed by atoms with Crippen molar-refractivity contribution in [3.8, 4) is 5.75 Å². The number of hydrogen-bond donors (Lipinski definition) is 3. The van der Waals surface area contributed by atoms with Gasteiger partial charge < -0.3 is 20.7 Å². The summed E-state index contributed by atoms with van der Waals surface area (Å²) in [5.74, 6) is 0.158. The summed E-state index contributed by atoms with van der Waals surface area (Å²) in [6.45, 7) is 0. The zero-order valence-corrected chi connectivity index (χ0v) is 18.6. The van der Waals surface area contributed by atoms with E-state index >= 15 is 0 Å². The Bertz CT molecular complexity index is 833. The van der Waals surface area contributed by atoms with Crippen LogP contribution in [-0.4, -0.2) is 28.1 Å². The van der Waals surface area contributed by atoms with Crippen molar-refractivity contribution in [3.05, 3.63) is 58.6 Å². The van der Waals surface area contributed by atoms with Crippen molar-refractivity contribution >= 4 is 79.7 Å². The Hall–Kier alpha value is -1.25. The summed E-state index contributed by atoms with van der Waals surface area (Å²) in [4.78, 5) is 12.5. The van der Waals surface area contributed by atoms with Gasteiger partial charge in [0.25, 0.3) is 5.91 Å². The molecule has 0 heterocycles. The topological polar surface area (TPSA) is 62.4 Å². The summed E-state index contributed by atoms with van der Waals surface area (Å²) >= 11 is 26.6. The second-order valence-corrected chi connectivity index (χ2v) is 8.95. The number of hydrogen-bond acceptors (Lipinski definition) is 3. The largest absolute Gasteiger partial charge is 0.495 e. The van der Waals surface area contributed by atoms with Gasteiger partial charge in [-0.1, -0.05) is 68.9 Å². The second-order valence-electron chi connectivity index (χ2n) is 5.26. The van der Waals surface area contributed by atoms with Crippen molar-refractivity contribution < 1.29 is 9.53 Å².